The van der Waals surface area contributed by atoms with Gasteiger partial charge in [0.25, 0.3) is 11.8 Å². The molecule has 0 spiro atoms. The van der Waals surface area contributed by atoms with Gasteiger partial charge in [0.2, 0.25) is 0 Å². The maximum absolute atomic E-state index is 12.1. The van der Waals surface area contributed by atoms with E-state index in [0.717, 1.165) is 24.8 Å². The van der Waals surface area contributed by atoms with Gasteiger partial charge in [0.05, 0.1) is 4.90 Å². The Morgan fingerprint density at radius 2 is 1.61 bits per heavy atom. The van der Waals surface area contributed by atoms with Crippen molar-refractivity contribution in [3.05, 3.63) is 29.8 Å². The number of hydroxylamine groups is 2. The molecular formula is C16H21NO5S. The number of amides is 2. The molecule has 1 aliphatic heterocycles. The van der Waals surface area contributed by atoms with E-state index < -0.39 is 21.9 Å². The molecule has 2 amide bonds. The summed E-state index contributed by atoms with van der Waals surface area (Å²) in [5, 5.41) is 0.341. The lowest BCUT2D eigenvalue weighted by Crippen LogP contribution is -2.32. The molecule has 1 aromatic carbocycles. The van der Waals surface area contributed by atoms with E-state index in [-0.39, 0.29) is 17.7 Å². The summed E-state index contributed by atoms with van der Waals surface area (Å²) in [6.07, 6.45) is 5.42. The summed E-state index contributed by atoms with van der Waals surface area (Å²) in [6.45, 7) is 2.15. The van der Waals surface area contributed by atoms with Crippen LogP contribution < -0.4 is 0 Å². The average Bonchev–Trinajstić information content (AvgIpc) is 2.84. The van der Waals surface area contributed by atoms with E-state index in [1.165, 1.54) is 25.0 Å². The Labute approximate surface area is 136 Å². The Morgan fingerprint density at radius 1 is 1.00 bits per heavy atom. The highest BCUT2D eigenvalue weighted by molar-refractivity contribution is 7.86. The normalized spacial score (nSPS) is 15.4. The van der Waals surface area contributed by atoms with Crippen LogP contribution in [0.1, 0.15) is 51.0 Å². The number of rotatable bonds is 8. The van der Waals surface area contributed by atoms with Crippen LogP contribution in [0, 0.1) is 0 Å². The molecule has 0 aromatic heterocycles. The van der Waals surface area contributed by atoms with Crippen molar-refractivity contribution in [1.29, 1.82) is 0 Å². The molecule has 1 saturated heterocycles. The fourth-order valence-corrected chi connectivity index (χ4v) is 3.28. The third-order valence-corrected chi connectivity index (χ3v) is 4.90. The zero-order valence-electron chi connectivity index (χ0n) is 13.2. The Morgan fingerprint density at radius 3 is 2.17 bits per heavy atom. The molecule has 0 aliphatic carbocycles. The van der Waals surface area contributed by atoms with Crippen molar-refractivity contribution < 1.29 is 22.3 Å². The first-order valence-electron chi connectivity index (χ1n) is 7.83. The van der Waals surface area contributed by atoms with Gasteiger partial charge in [-0.1, -0.05) is 38.3 Å². The van der Waals surface area contributed by atoms with Crippen molar-refractivity contribution in [2.45, 2.75) is 56.8 Å². The van der Waals surface area contributed by atoms with Gasteiger partial charge in [-0.3, -0.25) is 9.59 Å². The topological polar surface area (TPSA) is 80.8 Å². The fourth-order valence-electron chi connectivity index (χ4n) is 2.36. The molecule has 126 valence electrons. The second-order valence-electron chi connectivity index (χ2n) is 5.57. The summed E-state index contributed by atoms with van der Waals surface area (Å²) in [4.78, 5) is 22.8. The molecule has 0 unspecified atom stereocenters. The van der Waals surface area contributed by atoms with Crippen LogP contribution in [0.4, 0.5) is 0 Å². The summed E-state index contributed by atoms with van der Waals surface area (Å²) in [7, 11) is -4.17. The molecule has 1 aliphatic rings. The lowest BCUT2D eigenvalue weighted by atomic mass is 10.1. The minimum Gasteiger partial charge on any atom is -0.272 e. The molecule has 1 aromatic rings. The molecule has 6 nitrogen and oxygen atoms in total. The van der Waals surface area contributed by atoms with Gasteiger partial charge in [-0.15, -0.1) is 9.35 Å². The summed E-state index contributed by atoms with van der Waals surface area (Å²) in [5.74, 6) is -1.27. The van der Waals surface area contributed by atoms with Crippen LogP contribution in [0.25, 0.3) is 0 Å². The number of nitrogens with zero attached hydrogens (tertiary/aromatic N) is 1. The Kier molecular flexibility index (Phi) is 5.90. The summed E-state index contributed by atoms with van der Waals surface area (Å²) < 4.78 is 28.9. The van der Waals surface area contributed by atoms with Gasteiger partial charge in [0, 0.05) is 12.8 Å². The second kappa shape index (κ2) is 7.70. The molecule has 7 heteroatoms. The van der Waals surface area contributed by atoms with E-state index in [2.05, 4.69) is 11.2 Å². The standard InChI is InChI=1S/C16H21NO5S/c1-2-3-4-5-6-13-7-9-14(10-8-13)23(20,21)22-17-15(18)11-12-16(17)19/h7-10H,2-6,11-12H2,1H3. The van der Waals surface area contributed by atoms with E-state index in [9.17, 15) is 18.0 Å². The summed E-state index contributed by atoms with van der Waals surface area (Å²) in [5.41, 5.74) is 1.05. The largest absolute Gasteiger partial charge is 0.318 e. The molecule has 0 saturated carbocycles. The first-order valence-corrected chi connectivity index (χ1v) is 9.24. The summed E-state index contributed by atoms with van der Waals surface area (Å²) in [6, 6.07) is 6.34. The third kappa shape index (κ3) is 4.62. The van der Waals surface area contributed by atoms with Crippen molar-refractivity contribution in [2.75, 3.05) is 0 Å². The van der Waals surface area contributed by atoms with Gasteiger partial charge >= 0.3 is 10.1 Å². The van der Waals surface area contributed by atoms with Crippen LogP contribution >= 0.6 is 0 Å². The predicted octanol–water partition coefficient (Wildman–Crippen LogP) is 2.58. The number of imide groups is 1. The van der Waals surface area contributed by atoms with Crippen LogP contribution in [0.3, 0.4) is 0 Å². The summed E-state index contributed by atoms with van der Waals surface area (Å²) >= 11 is 0. The van der Waals surface area contributed by atoms with E-state index in [0.29, 0.717) is 5.06 Å². The maximum Gasteiger partial charge on any atom is 0.318 e. The smallest absolute Gasteiger partial charge is 0.272 e. The zero-order valence-corrected chi connectivity index (χ0v) is 14.0. The highest BCUT2D eigenvalue weighted by Crippen LogP contribution is 2.20. The van der Waals surface area contributed by atoms with Crippen molar-refractivity contribution in [2.24, 2.45) is 0 Å². The van der Waals surface area contributed by atoms with Gasteiger partial charge in [0.15, 0.2) is 0 Å². The Balaban J connectivity index is 2.00. The lowest BCUT2D eigenvalue weighted by Gasteiger charge is -2.13. The second-order valence-corrected chi connectivity index (χ2v) is 7.09. The maximum atomic E-state index is 12.1. The predicted molar refractivity (Wildman–Crippen MR) is 83.6 cm³/mol. The lowest BCUT2D eigenvalue weighted by molar-refractivity contribution is -0.163. The Bertz CT molecular complexity index is 650. The number of unbranched alkanes of at least 4 members (excludes halogenated alkanes) is 3. The first-order chi connectivity index (χ1) is 10.9. The number of hydrogen-bond acceptors (Lipinski definition) is 5. The van der Waals surface area contributed by atoms with Crippen LogP contribution in [0.2, 0.25) is 0 Å². The monoisotopic (exact) mass is 339 g/mol. The number of hydrogen-bond donors (Lipinski definition) is 0. The molecule has 0 atom stereocenters. The minimum atomic E-state index is -4.17. The van der Waals surface area contributed by atoms with Gasteiger partial charge in [-0.2, -0.15) is 8.42 Å². The highest BCUT2D eigenvalue weighted by atomic mass is 32.2. The van der Waals surface area contributed by atoms with Gasteiger partial charge in [0.1, 0.15) is 0 Å². The zero-order chi connectivity index (χ0) is 16.9. The van der Waals surface area contributed by atoms with Crippen LogP contribution in [-0.4, -0.2) is 25.3 Å². The van der Waals surface area contributed by atoms with Crippen LogP contribution in [-0.2, 0) is 30.4 Å². The van der Waals surface area contributed by atoms with Crippen molar-refractivity contribution >= 4 is 21.9 Å². The molecule has 23 heavy (non-hydrogen) atoms. The molecule has 0 bridgehead atoms. The van der Waals surface area contributed by atoms with Gasteiger partial charge in [-0.05, 0) is 30.5 Å². The molecule has 2 rings (SSSR count). The number of benzene rings is 1. The molecule has 1 fully saturated rings. The SMILES string of the molecule is CCCCCCc1ccc(S(=O)(=O)ON2C(=O)CCC2=O)cc1. The van der Waals surface area contributed by atoms with E-state index in [1.807, 2.05) is 0 Å². The van der Waals surface area contributed by atoms with Crippen LogP contribution in [0.5, 0.6) is 0 Å². The highest BCUT2D eigenvalue weighted by Gasteiger charge is 2.35. The first kappa shape index (κ1) is 17.6. The number of aryl methyl sites for hydroxylation is 1. The van der Waals surface area contributed by atoms with E-state index in [4.69, 9.17) is 0 Å². The Hall–Kier alpha value is -1.73. The minimum absolute atomic E-state index is 0.0228. The average molecular weight is 339 g/mol. The third-order valence-electron chi connectivity index (χ3n) is 3.71. The molecular weight excluding hydrogens is 318 g/mol. The van der Waals surface area contributed by atoms with Crippen LogP contribution in [0.15, 0.2) is 29.2 Å². The van der Waals surface area contributed by atoms with Crippen molar-refractivity contribution in [3.8, 4) is 0 Å². The van der Waals surface area contributed by atoms with Crippen molar-refractivity contribution in [3.63, 3.8) is 0 Å². The van der Waals surface area contributed by atoms with Crippen molar-refractivity contribution in [1.82, 2.24) is 5.06 Å². The van der Waals surface area contributed by atoms with E-state index >= 15 is 0 Å². The van der Waals surface area contributed by atoms with Gasteiger partial charge < -0.3 is 0 Å². The molecule has 0 N–H and O–H groups in total. The molecule has 0 radical (unpaired) electrons. The quantitative estimate of drug-likeness (QED) is 0.537. The molecule has 1 heterocycles. The van der Waals surface area contributed by atoms with Gasteiger partial charge in [-0.25, -0.2) is 0 Å². The number of carbonyl (C=O) groups is 2. The van der Waals surface area contributed by atoms with E-state index in [1.54, 1.807) is 12.1 Å². The number of carbonyl (C=O) groups excluding carboxylic acids is 2. The fraction of sp³-hybridized carbons (Fsp3) is 0.500.